The number of carboxylic acid groups (broad SMARTS) is 1. The Morgan fingerprint density at radius 2 is 1.21 bits per heavy atom. The third-order valence-electron chi connectivity index (χ3n) is 8.91. The van der Waals surface area contributed by atoms with E-state index in [1.807, 2.05) is 24.3 Å². The van der Waals surface area contributed by atoms with Crippen LogP contribution in [0.1, 0.15) is 10.4 Å². The smallest absolute Gasteiger partial charge is 0.548 e. The summed E-state index contributed by atoms with van der Waals surface area (Å²) in [5.74, 6) is -2.41. The van der Waals surface area contributed by atoms with E-state index in [0.29, 0.717) is 47.6 Å². The van der Waals surface area contributed by atoms with Gasteiger partial charge in [0.15, 0.2) is 31.9 Å². The van der Waals surface area contributed by atoms with Gasteiger partial charge in [0.1, 0.15) is 5.75 Å². The molecule has 0 spiro atoms. The number of hydrogen-bond donors (Lipinski definition) is 6. The van der Waals surface area contributed by atoms with Crippen LogP contribution in [0.5, 0.6) is 5.75 Å². The van der Waals surface area contributed by atoms with E-state index >= 15 is 0 Å². The molecule has 2 atom stereocenters. The number of aliphatic carboxylic acids is 1. The molecule has 21 heteroatoms. The van der Waals surface area contributed by atoms with Gasteiger partial charge in [0.25, 0.3) is 5.91 Å². The molecule has 0 aliphatic rings. The van der Waals surface area contributed by atoms with Gasteiger partial charge in [0.05, 0.1) is 30.5 Å². The number of methoxy groups -OCH3 is 1. The molecule has 0 saturated heterocycles. The van der Waals surface area contributed by atoms with Crippen molar-refractivity contribution in [3.05, 3.63) is 122 Å². The number of esters is 1. The fraction of sp³-hybridized carbons (Fsp3) is 0.162. The maximum absolute atomic E-state index is 13.5. The zero-order valence-corrected chi connectivity index (χ0v) is 37.9. The average Bonchev–Trinajstić information content (AvgIpc) is 3.73. The van der Waals surface area contributed by atoms with Crippen LogP contribution >= 0.6 is 48.9 Å². The molecule has 0 aliphatic carbocycles. The molecule has 294 valence electrons. The minimum atomic E-state index is -1.56. The number of carboxylic acids is 1. The fourth-order valence-electron chi connectivity index (χ4n) is 6.07. The predicted molar refractivity (Wildman–Crippen MR) is 224 cm³/mol. The zero-order chi connectivity index (χ0) is 40.8. The molecule has 0 radical (unpaired) electrons. The number of likely N-dealkylation sites (N-methyl/N-ethyl adjacent to an activating group) is 2. The van der Waals surface area contributed by atoms with Crippen LogP contribution in [0, 0.1) is 19.1 Å². The summed E-state index contributed by atoms with van der Waals surface area (Å²) in [5, 5.41) is 30.1. The van der Waals surface area contributed by atoms with Crippen LogP contribution in [0.25, 0.3) is 11.4 Å². The average molecular weight is 883 g/mol. The normalized spacial score (nSPS) is 11.7. The van der Waals surface area contributed by atoms with Crippen molar-refractivity contribution in [3.63, 3.8) is 0 Å². The van der Waals surface area contributed by atoms with E-state index in [-0.39, 0.29) is 63.7 Å². The number of hydrogen-bond acceptors (Lipinski definition) is 13. The number of anilines is 4. The molecule has 2 aromatic heterocycles. The summed E-state index contributed by atoms with van der Waals surface area (Å²) in [4.78, 5) is 42.6. The van der Waals surface area contributed by atoms with E-state index in [4.69, 9.17) is 58.3 Å². The molecule has 2 heterocycles. The Bertz CT molecular complexity index is 2630. The van der Waals surface area contributed by atoms with Gasteiger partial charge < -0.3 is 39.8 Å². The minimum Gasteiger partial charge on any atom is -0.548 e. The Labute approximate surface area is 394 Å². The van der Waals surface area contributed by atoms with Crippen molar-refractivity contribution in [3.8, 4) is 17.1 Å². The summed E-state index contributed by atoms with van der Waals surface area (Å²) in [6, 6.07) is 24.5. The maximum Gasteiger partial charge on any atom is 1.00 e. The number of benzene rings is 4. The van der Waals surface area contributed by atoms with Gasteiger partial charge in [-0.1, -0.05) is 24.3 Å². The summed E-state index contributed by atoms with van der Waals surface area (Å²) in [5.41, 5.74) is 3.61. The number of nitrogens with one attached hydrogen (secondary N) is 6. The zero-order valence-electron chi connectivity index (χ0n) is 31.5. The Morgan fingerprint density at radius 3 is 1.78 bits per heavy atom. The van der Waals surface area contributed by atoms with E-state index in [1.165, 1.54) is 31.0 Å². The van der Waals surface area contributed by atoms with Crippen molar-refractivity contribution < 1.29 is 80.3 Å². The summed E-state index contributed by atoms with van der Waals surface area (Å²) in [6.07, 6.45) is 0. The maximum atomic E-state index is 13.5. The van der Waals surface area contributed by atoms with Crippen molar-refractivity contribution in [2.75, 3.05) is 48.4 Å². The Kier molecular flexibility index (Phi) is 15.2. The molecule has 6 aromatic rings. The number of nitrogens with zero attached hydrogens (tertiary/aromatic N) is 4. The van der Waals surface area contributed by atoms with Gasteiger partial charge in [-0.05, 0) is 116 Å². The van der Waals surface area contributed by atoms with Crippen molar-refractivity contribution in [2.45, 2.75) is 12.1 Å². The molecular weight excluding hydrogens is 848 g/mol. The van der Waals surface area contributed by atoms with Crippen LogP contribution in [0.2, 0.25) is 0 Å². The largest absolute Gasteiger partial charge is 1.00 e. The van der Waals surface area contributed by atoms with E-state index in [9.17, 15) is 19.5 Å². The van der Waals surface area contributed by atoms with Crippen LogP contribution in [-0.2, 0) is 14.3 Å². The van der Waals surface area contributed by atoms with Crippen LogP contribution in [0.4, 0.5) is 22.7 Å². The quantitative estimate of drug-likeness (QED) is 0.0382. The second kappa shape index (κ2) is 19.8. The van der Waals surface area contributed by atoms with E-state index in [0.717, 1.165) is 11.4 Å². The number of carbonyl (C=O) groups is 3. The number of aromatic amines is 4. The van der Waals surface area contributed by atoms with Crippen molar-refractivity contribution >= 4 is 89.5 Å². The van der Waals surface area contributed by atoms with Crippen LogP contribution in [-0.4, -0.2) is 87.4 Å². The third-order valence-corrected chi connectivity index (χ3v) is 10.0. The molecule has 16 nitrogen and oxygen atoms in total. The predicted octanol–water partition coefficient (Wildman–Crippen LogP) is 2.44. The second-order valence-electron chi connectivity index (χ2n) is 12.4. The van der Waals surface area contributed by atoms with Crippen molar-refractivity contribution in [1.29, 1.82) is 0 Å². The van der Waals surface area contributed by atoms with Gasteiger partial charge in [-0.2, -0.15) is 0 Å². The number of amides is 1. The molecule has 0 aliphatic heterocycles. The van der Waals surface area contributed by atoms with E-state index in [1.54, 1.807) is 81.9 Å². The monoisotopic (exact) mass is 882 g/mol. The number of H-pyrrole nitrogens is 4. The minimum absolute atomic E-state index is 0. The van der Waals surface area contributed by atoms with E-state index < -0.39 is 29.9 Å². The van der Waals surface area contributed by atoms with Gasteiger partial charge in [0, 0.05) is 48.5 Å². The number of carbonyl (C=O) groups excluding carboxylic acids is 3. The first-order chi connectivity index (χ1) is 27.4. The first-order valence-corrected chi connectivity index (χ1v) is 18.6. The SMILES string of the molecule is COC(=O)C(C(C(=O)[O-])N(C)c1cccc(OCNc2cccc(-n3c(=S)[nH][nH]c3=S)c2)c1)N(C)c1cccc(C(=O)Nc2cccc(-n3c(=S)[nH][nH]c3=S)c2)c1.[K+]. The molecular formula is C37H35KN10O6S4. The third kappa shape index (κ3) is 10.1. The van der Waals surface area contributed by atoms with Gasteiger partial charge in [0.2, 0.25) is 0 Å². The molecule has 58 heavy (non-hydrogen) atoms. The molecule has 2 unspecified atom stereocenters. The molecule has 4 aromatic carbocycles. The number of aromatic nitrogens is 6. The molecule has 0 bridgehead atoms. The summed E-state index contributed by atoms with van der Waals surface area (Å²) in [6.45, 7) is 0.0599. The molecule has 6 N–H and O–H groups in total. The van der Waals surface area contributed by atoms with Crippen LogP contribution in [0.3, 0.4) is 0 Å². The molecule has 0 saturated carbocycles. The Balaban J connectivity index is 0.00000641. The van der Waals surface area contributed by atoms with Crippen molar-refractivity contribution in [1.82, 2.24) is 29.5 Å². The standard InChI is InChI=1S/C37H36N10O6S4.K/c1-44(25-12-7-15-28(19-25)53-20-38-22-9-5-13-26(17-22)46-34(54)40-41-35(46)55)29(32(49)50)30(33(51)52-3)45(2)24-11-4-8-21(16-24)31(48)39-23-10-6-14-27(18-23)47-36(56)42-43-37(47)57;/h4-19,29-30,38H,20H2,1-3H3,(H,39,48)(H,40,54)(H,41,55)(H,42,56)(H,43,57)(H,49,50);/q;+1/p-1. The number of ether oxygens (including phenoxy) is 2. The van der Waals surface area contributed by atoms with E-state index in [2.05, 4.69) is 31.0 Å². The first kappa shape index (κ1) is 44.4. The van der Waals surface area contributed by atoms with Gasteiger partial charge in [-0.25, -0.2) is 4.79 Å². The number of rotatable bonds is 15. The van der Waals surface area contributed by atoms with Crippen LogP contribution < -0.4 is 81.7 Å². The molecule has 1 amide bonds. The fourth-order valence-corrected chi connectivity index (χ4v) is 7.18. The summed E-state index contributed by atoms with van der Waals surface area (Å²) < 4.78 is 15.9. The summed E-state index contributed by atoms with van der Waals surface area (Å²) in [7, 11) is 4.23. The molecule has 0 fully saturated rings. The summed E-state index contributed by atoms with van der Waals surface area (Å²) >= 11 is 21.3. The van der Waals surface area contributed by atoms with Crippen molar-refractivity contribution in [2.24, 2.45) is 0 Å². The topological polar surface area (TPSA) is 196 Å². The van der Waals surface area contributed by atoms with Crippen LogP contribution in [0.15, 0.2) is 97.1 Å². The first-order valence-electron chi connectivity index (χ1n) is 17.0. The Morgan fingerprint density at radius 1 is 0.707 bits per heavy atom. The van der Waals surface area contributed by atoms with Gasteiger partial charge in [-0.15, -0.1) is 0 Å². The molecule has 6 rings (SSSR count). The van der Waals surface area contributed by atoms with Gasteiger partial charge >= 0.3 is 57.4 Å². The van der Waals surface area contributed by atoms with Gasteiger partial charge in [-0.3, -0.25) is 34.3 Å². The Hall–Kier alpha value is -4.71. The second-order valence-corrected chi connectivity index (χ2v) is 14.0.